The number of nitrogens with zero attached hydrogens (tertiary/aromatic N) is 2. The van der Waals surface area contributed by atoms with E-state index < -0.39 is 12.6 Å². The van der Waals surface area contributed by atoms with Gasteiger partial charge in [0, 0.05) is 37.3 Å². The van der Waals surface area contributed by atoms with Gasteiger partial charge in [-0.1, -0.05) is 0 Å². The van der Waals surface area contributed by atoms with Crippen LogP contribution in [0.5, 0.6) is 0 Å². The molecule has 1 N–H and O–H groups in total. The smallest absolute Gasteiger partial charge is 0.298 e. The van der Waals surface area contributed by atoms with Crippen molar-refractivity contribution in [3.05, 3.63) is 17.0 Å². The molecule has 17 heavy (non-hydrogen) atoms. The van der Waals surface area contributed by atoms with Gasteiger partial charge in [0.15, 0.2) is 6.29 Å². The van der Waals surface area contributed by atoms with E-state index >= 15 is 0 Å². The standard InChI is InChI=1S/C10H12F3N3O/c11-10(12,13)2-4-16-3-1-8-7(5-16)9(6-17)15-14-8/h6H,1-5H2,(H,14,15). The number of carbonyl (C=O) groups is 1. The first kappa shape index (κ1) is 12.1. The molecule has 94 valence electrons. The number of hydrogen-bond acceptors (Lipinski definition) is 3. The summed E-state index contributed by atoms with van der Waals surface area (Å²) in [4.78, 5) is 12.4. The zero-order valence-corrected chi connectivity index (χ0v) is 9.05. The Kier molecular flexibility index (Phi) is 3.19. The van der Waals surface area contributed by atoms with E-state index in [4.69, 9.17) is 0 Å². The summed E-state index contributed by atoms with van der Waals surface area (Å²) in [5, 5.41) is 6.56. The lowest BCUT2D eigenvalue weighted by Crippen LogP contribution is -2.33. The van der Waals surface area contributed by atoms with Crippen LogP contribution in [0, 0.1) is 0 Å². The Labute approximate surface area is 95.8 Å². The minimum Gasteiger partial charge on any atom is -0.298 e. The average Bonchev–Trinajstić information content (AvgIpc) is 2.67. The molecule has 0 aliphatic carbocycles. The van der Waals surface area contributed by atoms with E-state index in [0.29, 0.717) is 31.5 Å². The average molecular weight is 247 g/mol. The van der Waals surface area contributed by atoms with E-state index in [0.717, 1.165) is 11.3 Å². The maximum atomic E-state index is 12.1. The summed E-state index contributed by atoms with van der Waals surface area (Å²) in [6.45, 7) is 0.881. The Morgan fingerprint density at radius 3 is 2.88 bits per heavy atom. The third kappa shape index (κ3) is 2.85. The molecule has 0 fully saturated rings. The van der Waals surface area contributed by atoms with Gasteiger partial charge in [-0.05, 0) is 0 Å². The molecule has 0 atom stereocenters. The maximum Gasteiger partial charge on any atom is 0.390 e. The number of aromatic amines is 1. The van der Waals surface area contributed by atoms with E-state index in [-0.39, 0.29) is 6.54 Å². The van der Waals surface area contributed by atoms with Crippen molar-refractivity contribution in [2.24, 2.45) is 0 Å². The normalized spacial score (nSPS) is 16.9. The SMILES string of the molecule is O=Cc1n[nH]c2c1CN(CCC(F)(F)F)CC2. The third-order valence-corrected chi connectivity index (χ3v) is 2.87. The molecule has 7 heteroatoms. The van der Waals surface area contributed by atoms with Gasteiger partial charge in [0.05, 0.1) is 6.42 Å². The van der Waals surface area contributed by atoms with Crippen LogP contribution in [0.25, 0.3) is 0 Å². The summed E-state index contributed by atoms with van der Waals surface area (Å²) in [5.74, 6) is 0. The van der Waals surface area contributed by atoms with Crippen molar-refractivity contribution < 1.29 is 18.0 Å². The second-order valence-electron chi connectivity index (χ2n) is 4.08. The van der Waals surface area contributed by atoms with Crippen LogP contribution < -0.4 is 0 Å². The lowest BCUT2D eigenvalue weighted by Gasteiger charge is -2.26. The predicted octanol–water partition coefficient (Wildman–Crippen LogP) is 1.53. The number of rotatable bonds is 3. The molecule has 0 saturated heterocycles. The Bertz CT molecular complexity index is 413. The fraction of sp³-hybridized carbons (Fsp3) is 0.600. The molecular weight excluding hydrogens is 235 g/mol. The fourth-order valence-corrected chi connectivity index (χ4v) is 1.95. The number of fused-ring (bicyclic) bond motifs is 1. The number of aromatic nitrogens is 2. The first-order valence-electron chi connectivity index (χ1n) is 5.30. The molecule has 1 aromatic rings. The van der Waals surface area contributed by atoms with Crippen molar-refractivity contribution in [1.82, 2.24) is 15.1 Å². The van der Waals surface area contributed by atoms with E-state index in [2.05, 4.69) is 10.2 Å². The van der Waals surface area contributed by atoms with Crippen molar-refractivity contribution in [2.45, 2.75) is 25.6 Å². The molecule has 0 bridgehead atoms. The molecule has 2 rings (SSSR count). The minimum atomic E-state index is -4.13. The molecule has 1 aromatic heterocycles. The van der Waals surface area contributed by atoms with Gasteiger partial charge in [-0.2, -0.15) is 18.3 Å². The number of hydrogen-bond donors (Lipinski definition) is 1. The van der Waals surface area contributed by atoms with Crippen LogP contribution in [0.15, 0.2) is 0 Å². The number of aldehydes is 1. The minimum absolute atomic E-state index is 0.0353. The number of carbonyl (C=O) groups excluding carboxylic acids is 1. The number of H-pyrrole nitrogens is 1. The van der Waals surface area contributed by atoms with Crippen LogP contribution in [0.1, 0.15) is 28.2 Å². The van der Waals surface area contributed by atoms with Gasteiger partial charge in [0.25, 0.3) is 0 Å². The highest BCUT2D eigenvalue weighted by Gasteiger charge is 2.29. The monoisotopic (exact) mass is 247 g/mol. The summed E-state index contributed by atoms with van der Waals surface area (Å²) in [7, 11) is 0. The van der Waals surface area contributed by atoms with Gasteiger partial charge in [-0.25, -0.2) is 0 Å². The molecule has 0 amide bonds. The number of halogens is 3. The zero-order chi connectivity index (χ0) is 12.5. The summed E-state index contributed by atoms with van der Waals surface area (Å²) in [6.07, 6.45) is -3.72. The molecule has 0 radical (unpaired) electrons. The van der Waals surface area contributed by atoms with E-state index in [1.54, 1.807) is 4.90 Å². The van der Waals surface area contributed by atoms with Crippen molar-refractivity contribution in [3.63, 3.8) is 0 Å². The Balaban J connectivity index is 2.00. The molecule has 0 aromatic carbocycles. The highest BCUT2D eigenvalue weighted by atomic mass is 19.4. The van der Waals surface area contributed by atoms with Gasteiger partial charge in [0.2, 0.25) is 0 Å². The van der Waals surface area contributed by atoms with Crippen LogP contribution in [0.4, 0.5) is 13.2 Å². The Morgan fingerprint density at radius 2 is 2.24 bits per heavy atom. The molecule has 0 saturated carbocycles. The zero-order valence-electron chi connectivity index (χ0n) is 9.05. The van der Waals surface area contributed by atoms with E-state index in [1.165, 1.54) is 0 Å². The van der Waals surface area contributed by atoms with E-state index in [9.17, 15) is 18.0 Å². The van der Waals surface area contributed by atoms with Gasteiger partial charge >= 0.3 is 6.18 Å². The van der Waals surface area contributed by atoms with Crippen LogP contribution in [-0.2, 0) is 13.0 Å². The highest BCUT2D eigenvalue weighted by Crippen LogP contribution is 2.23. The lowest BCUT2D eigenvalue weighted by atomic mass is 10.1. The van der Waals surface area contributed by atoms with Gasteiger partial charge in [0.1, 0.15) is 5.69 Å². The molecule has 2 heterocycles. The first-order chi connectivity index (χ1) is 7.99. The summed E-state index contributed by atoms with van der Waals surface area (Å²) in [6, 6.07) is 0. The van der Waals surface area contributed by atoms with Crippen LogP contribution in [0.2, 0.25) is 0 Å². The van der Waals surface area contributed by atoms with Crippen LogP contribution in [-0.4, -0.2) is 40.6 Å². The van der Waals surface area contributed by atoms with Crippen molar-refractivity contribution >= 4 is 6.29 Å². The van der Waals surface area contributed by atoms with E-state index in [1.807, 2.05) is 0 Å². The van der Waals surface area contributed by atoms with Crippen LogP contribution in [0.3, 0.4) is 0 Å². The van der Waals surface area contributed by atoms with Crippen molar-refractivity contribution in [1.29, 1.82) is 0 Å². The van der Waals surface area contributed by atoms with Crippen molar-refractivity contribution in [2.75, 3.05) is 13.1 Å². The number of alkyl halides is 3. The topological polar surface area (TPSA) is 49.0 Å². The number of nitrogens with one attached hydrogen (secondary N) is 1. The van der Waals surface area contributed by atoms with Crippen molar-refractivity contribution in [3.8, 4) is 0 Å². The Hall–Kier alpha value is -1.37. The van der Waals surface area contributed by atoms with Gasteiger partial charge < -0.3 is 0 Å². The fourth-order valence-electron chi connectivity index (χ4n) is 1.95. The molecule has 1 aliphatic rings. The third-order valence-electron chi connectivity index (χ3n) is 2.87. The molecule has 0 unspecified atom stereocenters. The maximum absolute atomic E-state index is 12.1. The van der Waals surface area contributed by atoms with Crippen LogP contribution >= 0.6 is 0 Å². The second-order valence-corrected chi connectivity index (χ2v) is 4.08. The highest BCUT2D eigenvalue weighted by molar-refractivity contribution is 5.74. The largest absolute Gasteiger partial charge is 0.390 e. The quantitative estimate of drug-likeness (QED) is 0.824. The summed E-state index contributed by atoms with van der Waals surface area (Å²) < 4.78 is 36.3. The van der Waals surface area contributed by atoms with Gasteiger partial charge in [-0.15, -0.1) is 0 Å². The Morgan fingerprint density at radius 1 is 1.47 bits per heavy atom. The lowest BCUT2D eigenvalue weighted by molar-refractivity contribution is -0.138. The molecule has 0 spiro atoms. The predicted molar refractivity (Wildman–Crippen MR) is 53.6 cm³/mol. The molecule has 1 aliphatic heterocycles. The molecular formula is C10H12F3N3O. The summed E-state index contributed by atoms with van der Waals surface area (Å²) in [5.41, 5.74) is 1.89. The molecule has 4 nitrogen and oxygen atoms in total. The van der Waals surface area contributed by atoms with Gasteiger partial charge in [-0.3, -0.25) is 14.8 Å². The first-order valence-corrected chi connectivity index (χ1v) is 5.30. The summed E-state index contributed by atoms with van der Waals surface area (Å²) >= 11 is 0. The second kappa shape index (κ2) is 4.48.